The van der Waals surface area contributed by atoms with E-state index in [1.165, 1.54) is 0 Å². The van der Waals surface area contributed by atoms with Gasteiger partial charge >= 0.3 is 6.01 Å². The third kappa shape index (κ3) is 4.40. The Hall–Kier alpha value is -1.70. The molecular weight excluding hydrogens is 301 g/mol. The molecule has 0 bridgehead atoms. The first-order chi connectivity index (χ1) is 10.9. The average Bonchev–Trinajstić information content (AvgIpc) is 3.10. The van der Waals surface area contributed by atoms with Crippen LogP contribution in [0.5, 0.6) is 0 Å². The zero-order valence-electron chi connectivity index (χ0n) is 14.3. The van der Waals surface area contributed by atoms with E-state index in [4.69, 9.17) is 4.42 Å². The van der Waals surface area contributed by atoms with Crippen molar-refractivity contribution in [1.29, 1.82) is 0 Å². The van der Waals surface area contributed by atoms with Crippen LogP contribution >= 0.6 is 0 Å². The fraction of sp³-hybridized carbons (Fsp3) is 0.800. The van der Waals surface area contributed by atoms with Crippen LogP contribution in [0.15, 0.2) is 4.42 Å². The highest BCUT2D eigenvalue weighted by Gasteiger charge is 2.36. The fourth-order valence-electron chi connectivity index (χ4n) is 2.85. The van der Waals surface area contributed by atoms with Gasteiger partial charge in [-0.3, -0.25) is 9.69 Å². The Kier molecular flexibility index (Phi) is 5.92. The van der Waals surface area contributed by atoms with Crippen LogP contribution in [0.2, 0.25) is 0 Å². The molecule has 1 amide bonds. The molecule has 0 N–H and O–H groups in total. The minimum absolute atomic E-state index is 0.0395. The van der Waals surface area contributed by atoms with Crippen LogP contribution in [0.1, 0.15) is 26.2 Å². The monoisotopic (exact) mass is 327 g/mol. The molecule has 8 heteroatoms. The second-order valence-electron chi connectivity index (χ2n) is 5.98. The lowest BCUT2D eigenvalue weighted by molar-refractivity contribution is -0.131. The van der Waals surface area contributed by atoms with E-state index >= 15 is 0 Å². The van der Waals surface area contributed by atoms with Crippen molar-refractivity contribution in [3.05, 3.63) is 5.89 Å². The Morgan fingerprint density at radius 1 is 1.39 bits per heavy atom. The maximum absolute atomic E-state index is 13.8. The zero-order valence-corrected chi connectivity index (χ0v) is 14.3. The van der Waals surface area contributed by atoms with Crippen LogP contribution in [-0.2, 0) is 4.79 Å². The van der Waals surface area contributed by atoms with Crippen molar-refractivity contribution in [2.24, 2.45) is 0 Å². The van der Waals surface area contributed by atoms with Gasteiger partial charge in [0, 0.05) is 26.9 Å². The third-order valence-electron chi connectivity index (χ3n) is 4.29. The normalized spacial score (nSPS) is 21.2. The van der Waals surface area contributed by atoms with Crippen molar-refractivity contribution in [1.82, 2.24) is 20.0 Å². The molecule has 2 heterocycles. The van der Waals surface area contributed by atoms with Gasteiger partial charge in [0.2, 0.25) is 11.8 Å². The van der Waals surface area contributed by atoms with Gasteiger partial charge in [0.1, 0.15) is 6.17 Å². The van der Waals surface area contributed by atoms with Gasteiger partial charge < -0.3 is 14.2 Å². The molecule has 0 saturated carbocycles. The predicted octanol–water partition coefficient (Wildman–Crippen LogP) is 1.10. The van der Waals surface area contributed by atoms with Crippen molar-refractivity contribution in [3.8, 4) is 0 Å². The summed E-state index contributed by atoms with van der Waals surface area (Å²) in [6.45, 7) is 8.48. The molecule has 0 spiro atoms. The molecule has 0 unspecified atom stereocenters. The molecule has 1 aliphatic heterocycles. The summed E-state index contributed by atoms with van der Waals surface area (Å²) < 4.78 is 19.3. The van der Waals surface area contributed by atoms with Gasteiger partial charge in [0.05, 0.1) is 19.1 Å². The van der Waals surface area contributed by atoms with Crippen LogP contribution in [0.25, 0.3) is 0 Å². The first-order valence-electron chi connectivity index (χ1n) is 8.11. The first kappa shape index (κ1) is 17.7. The maximum atomic E-state index is 13.8. The lowest BCUT2D eigenvalue weighted by Crippen LogP contribution is -2.45. The molecule has 1 saturated heterocycles. The van der Waals surface area contributed by atoms with Crippen LogP contribution in [-0.4, -0.2) is 77.9 Å². The number of alkyl halides is 1. The highest BCUT2D eigenvalue weighted by Crippen LogP contribution is 2.26. The van der Waals surface area contributed by atoms with E-state index < -0.39 is 6.17 Å². The van der Waals surface area contributed by atoms with Crippen LogP contribution < -0.4 is 4.90 Å². The molecule has 130 valence electrons. The van der Waals surface area contributed by atoms with Crippen molar-refractivity contribution < 1.29 is 13.6 Å². The molecule has 23 heavy (non-hydrogen) atoms. The van der Waals surface area contributed by atoms with Crippen LogP contribution in [0.3, 0.4) is 0 Å². The molecule has 1 aliphatic rings. The third-order valence-corrected chi connectivity index (χ3v) is 4.29. The van der Waals surface area contributed by atoms with E-state index in [0.717, 1.165) is 13.1 Å². The Morgan fingerprint density at radius 2 is 2.09 bits per heavy atom. The fourth-order valence-corrected chi connectivity index (χ4v) is 2.85. The molecular formula is C15H26FN5O2. The summed E-state index contributed by atoms with van der Waals surface area (Å²) in [6, 6.07) is 0.188. The van der Waals surface area contributed by atoms with Crippen molar-refractivity contribution in [2.75, 3.05) is 44.7 Å². The number of carbonyl (C=O) groups excluding carboxylic acids is 1. The lowest BCUT2D eigenvalue weighted by Gasteiger charge is -2.28. The Bertz CT molecular complexity index is 520. The number of aromatic nitrogens is 2. The summed E-state index contributed by atoms with van der Waals surface area (Å²) in [6.07, 6.45) is -0.580. The maximum Gasteiger partial charge on any atom is 0.318 e. The predicted molar refractivity (Wildman–Crippen MR) is 85.1 cm³/mol. The van der Waals surface area contributed by atoms with E-state index in [-0.39, 0.29) is 18.5 Å². The van der Waals surface area contributed by atoms with Gasteiger partial charge in [-0.15, -0.1) is 5.10 Å². The summed E-state index contributed by atoms with van der Waals surface area (Å²) in [5.74, 6) is 0.490. The summed E-state index contributed by atoms with van der Waals surface area (Å²) in [5.41, 5.74) is 0. The highest BCUT2D eigenvalue weighted by molar-refractivity contribution is 5.78. The second-order valence-corrected chi connectivity index (χ2v) is 5.98. The topological polar surface area (TPSA) is 65.7 Å². The number of halogens is 1. The van der Waals surface area contributed by atoms with Crippen molar-refractivity contribution in [2.45, 2.75) is 39.4 Å². The van der Waals surface area contributed by atoms with Gasteiger partial charge in [-0.1, -0.05) is 18.9 Å². The summed E-state index contributed by atoms with van der Waals surface area (Å²) in [4.78, 5) is 17.8. The molecule has 1 aromatic heterocycles. The molecule has 1 fully saturated rings. The quantitative estimate of drug-likeness (QED) is 0.747. The molecule has 1 aromatic rings. The molecule has 7 nitrogen and oxygen atoms in total. The SMILES string of the molecule is CCN(CC)CC(=O)N(C)C[C@@H]1C[C@H](F)CN1c1nnc(C)o1. The minimum Gasteiger partial charge on any atom is -0.408 e. The Balaban J connectivity index is 1.98. The van der Waals surface area contributed by atoms with Crippen LogP contribution in [0, 0.1) is 6.92 Å². The number of rotatable bonds is 7. The zero-order chi connectivity index (χ0) is 17.0. The summed E-state index contributed by atoms with van der Waals surface area (Å²) in [5, 5.41) is 7.77. The molecule has 0 radical (unpaired) electrons. The Morgan fingerprint density at radius 3 is 2.65 bits per heavy atom. The number of amides is 1. The van der Waals surface area contributed by atoms with E-state index in [1.807, 2.05) is 13.8 Å². The number of aryl methyl sites for hydroxylation is 1. The highest BCUT2D eigenvalue weighted by atomic mass is 19.1. The van der Waals surface area contributed by atoms with Crippen LogP contribution in [0.4, 0.5) is 10.4 Å². The van der Waals surface area contributed by atoms with Crippen molar-refractivity contribution in [3.63, 3.8) is 0 Å². The second kappa shape index (κ2) is 7.72. The molecule has 2 rings (SSSR count). The smallest absolute Gasteiger partial charge is 0.318 e. The molecule has 0 aliphatic carbocycles. The van der Waals surface area contributed by atoms with Crippen molar-refractivity contribution >= 4 is 11.9 Å². The minimum atomic E-state index is -0.946. The largest absolute Gasteiger partial charge is 0.408 e. The average molecular weight is 327 g/mol. The van der Waals surface area contributed by atoms with Gasteiger partial charge in [0.25, 0.3) is 0 Å². The number of nitrogens with zero attached hydrogens (tertiary/aromatic N) is 5. The molecule has 2 atom stereocenters. The van der Waals surface area contributed by atoms with Gasteiger partial charge in [-0.25, -0.2) is 4.39 Å². The summed E-state index contributed by atoms with van der Waals surface area (Å²) >= 11 is 0. The van der Waals surface area contributed by atoms with E-state index in [9.17, 15) is 9.18 Å². The van der Waals surface area contributed by atoms with E-state index in [2.05, 4.69) is 15.1 Å². The standard InChI is InChI=1S/C15H26FN5O2/c1-5-20(6-2)10-14(22)19(4)9-13-7-12(16)8-21(13)15-18-17-11(3)23-15/h12-13H,5-10H2,1-4H3/t12-,13-/m0/s1. The Labute approximate surface area is 136 Å². The number of likely N-dealkylation sites (N-methyl/N-ethyl adjacent to an activating group) is 2. The molecule has 0 aromatic carbocycles. The van der Waals surface area contributed by atoms with Gasteiger partial charge in [-0.2, -0.15) is 0 Å². The lowest BCUT2D eigenvalue weighted by atomic mass is 10.2. The number of hydrogen-bond donors (Lipinski definition) is 0. The first-order valence-corrected chi connectivity index (χ1v) is 8.11. The van der Waals surface area contributed by atoms with E-state index in [1.54, 1.807) is 23.8 Å². The number of anilines is 1. The van der Waals surface area contributed by atoms with Gasteiger partial charge in [-0.05, 0) is 13.1 Å². The summed E-state index contributed by atoms with van der Waals surface area (Å²) in [7, 11) is 1.76. The van der Waals surface area contributed by atoms with E-state index in [0.29, 0.717) is 31.4 Å². The number of hydrogen-bond acceptors (Lipinski definition) is 6. The van der Waals surface area contributed by atoms with Gasteiger partial charge in [0.15, 0.2) is 0 Å². The number of carbonyl (C=O) groups is 1.